The van der Waals surface area contributed by atoms with Crippen LogP contribution in [0.4, 0.5) is 0 Å². The highest BCUT2D eigenvalue weighted by molar-refractivity contribution is 5.99. The molecular formula is C21H22N2O6. The number of ether oxygens (including phenoxy) is 2. The number of carbonyl (C=O) groups excluding carboxylic acids is 4. The maximum Gasteiger partial charge on any atom is 0.328 e. The fourth-order valence-electron chi connectivity index (χ4n) is 2.50. The molecule has 0 radical (unpaired) electrons. The molecule has 0 bridgehead atoms. The summed E-state index contributed by atoms with van der Waals surface area (Å²) in [6.07, 6.45) is -0.137. The minimum atomic E-state index is -1.09. The molecule has 0 aliphatic heterocycles. The predicted octanol–water partition coefficient (Wildman–Crippen LogP) is 1.72. The van der Waals surface area contributed by atoms with Gasteiger partial charge < -0.3 is 20.5 Å². The molecule has 8 heteroatoms. The zero-order valence-corrected chi connectivity index (χ0v) is 15.9. The molecule has 0 aliphatic rings. The van der Waals surface area contributed by atoms with Crippen LogP contribution in [-0.4, -0.2) is 29.8 Å². The van der Waals surface area contributed by atoms with Gasteiger partial charge in [-0.15, -0.1) is 0 Å². The number of para-hydroxylation sites is 1. The van der Waals surface area contributed by atoms with Crippen LogP contribution >= 0.6 is 0 Å². The van der Waals surface area contributed by atoms with Crippen molar-refractivity contribution >= 4 is 23.8 Å². The molecule has 0 aliphatic carbocycles. The molecule has 152 valence electrons. The highest BCUT2D eigenvalue weighted by Crippen LogP contribution is 2.18. The molecule has 2 rings (SSSR count). The van der Waals surface area contributed by atoms with E-state index in [0.29, 0.717) is 0 Å². The first-order chi connectivity index (χ1) is 13.9. The topological polar surface area (TPSA) is 125 Å². The second kappa shape index (κ2) is 10.6. The summed E-state index contributed by atoms with van der Waals surface area (Å²) in [4.78, 5) is 47.5. The maximum atomic E-state index is 12.7. The number of carbonyl (C=O) groups is 4. The zero-order chi connectivity index (χ0) is 21.2. The average molecular weight is 398 g/mol. The number of esters is 2. The van der Waals surface area contributed by atoms with Crippen molar-refractivity contribution in [2.45, 2.75) is 32.4 Å². The van der Waals surface area contributed by atoms with Gasteiger partial charge in [-0.3, -0.25) is 14.4 Å². The van der Waals surface area contributed by atoms with E-state index >= 15 is 0 Å². The summed E-state index contributed by atoms with van der Waals surface area (Å²) in [6.45, 7) is 1.23. The van der Waals surface area contributed by atoms with Gasteiger partial charge in [-0.2, -0.15) is 0 Å². The first-order valence-electron chi connectivity index (χ1n) is 8.94. The van der Waals surface area contributed by atoms with Crippen LogP contribution in [0.2, 0.25) is 0 Å². The van der Waals surface area contributed by atoms with Crippen molar-refractivity contribution in [3.8, 4) is 5.75 Å². The van der Waals surface area contributed by atoms with Gasteiger partial charge in [0, 0.05) is 13.3 Å². The Labute approximate surface area is 168 Å². The van der Waals surface area contributed by atoms with Crippen LogP contribution in [0.5, 0.6) is 5.75 Å². The Bertz CT molecular complexity index is 882. The fraction of sp³-hybridized carbons (Fsp3) is 0.238. The number of hydrogen-bond acceptors (Lipinski definition) is 6. The molecule has 0 aromatic heterocycles. The summed E-state index contributed by atoms with van der Waals surface area (Å²) in [5.41, 5.74) is 6.02. The molecule has 2 amide bonds. The van der Waals surface area contributed by atoms with E-state index in [1.54, 1.807) is 24.3 Å². The Hall–Kier alpha value is -3.68. The number of nitrogens with two attached hydrogens (primary N) is 1. The van der Waals surface area contributed by atoms with E-state index < -0.39 is 29.8 Å². The van der Waals surface area contributed by atoms with Gasteiger partial charge in [0.05, 0.1) is 5.56 Å². The third-order valence-corrected chi connectivity index (χ3v) is 3.88. The normalized spacial score (nSPS) is 11.2. The van der Waals surface area contributed by atoms with Crippen LogP contribution < -0.4 is 15.8 Å². The lowest BCUT2D eigenvalue weighted by molar-refractivity contribution is -0.147. The first kappa shape index (κ1) is 21.6. The van der Waals surface area contributed by atoms with Gasteiger partial charge >= 0.3 is 11.9 Å². The third kappa shape index (κ3) is 7.10. The third-order valence-electron chi connectivity index (χ3n) is 3.88. The standard InChI is InChI=1S/C21H22N2O6/c1-14(24)29-18-10-6-5-9-16(18)20(26)23-17(11-12-19(22)25)21(27)28-13-15-7-3-2-4-8-15/h2-10,17H,11-13H2,1H3,(H2,22,25)(H,23,26)/t17-/m0/s1. The Morgan fingerprint density at radius 3 is 2.31 bits per heavy atom. The highest BCUT2D eigenvalue weighted by Gasteiger charge is 2.25. The van der Waals surface area contributed by atoms with Gasteiger partial charge in [0.25, 0.3) is 5.91 Å². The van der Waals surface area contributed by atoms with E-state index in [9.17, 15) is 19.2 Å². The summed E-state index contributed by atoms with van der Waals surface area (Å²) in [7, 11) is 0. The van der Waals surface area contributed by atoms with Gasteiger partial charge in [0.2, 0.25) is 5.91 Å². The summed E-state index contributed by atoms with van der Waals surface area (Å²) in [5.74, 6) is -2.48. The van der Waals surface area contributed by atoms with Crippen molar-refractivity contribution in [1.29, 1.82) is 0 Å². The van der Waals surface area contributed by atoms with E-state index in [1.807, 2.05) is 18.2 Å². The smallest absolute Gasteiger partial charge is 0.328 e. The van der Waals surface area contributed by atoms with Crippen LogP contribution in [0.15, 0.2) is 54.6 Å². The SMILES string of the molecule is CC(=O)Oc1ccccc1C(=O)N[C@@H](CCC(N)=O)C(=O)OCc1ccccc1. The second-order valence-corrected chi connectivity index (χ2v) is 6.21. The lowest BCUT2D eigenvalue weighted by atomic mass is 10.1. The van der Waals surface area contributed by atoms with Crippen LogP contribution in [0.25, 0.3) is 0 Å². The summed E-state index contributed by atoms with van der Waals surface area (Å²) in [5, 5.41) is 2.53. The molecule has 2 aromatic carbocycles. The van der Waals surface area contributed by atoms with E-state index in [4.69, 9.17) is 15.2 Å². The molecule has 0 saturated carbocycles. The lowest BCUT2D eigenvalue weighted by Crippen LogP contribution is -2.42. The minimum absolute atomic E-state index is 0.0205. The monoisotopic (exact) mass is 398 g/mol. The molecule has 0 unspecified atom stereocenters. The van der Waals surface area contributed by atoms with Gasteiger partial charge in [-0.25, -0.2) is 4.79 Å². The number of hydrogen-bond donors (Lipinski definition) is 2. The van der Waals surface area contributed by atoms with Crippen molar-refractivity contribution in [1.82, 2.24) is 5.32 Å². The van der Waals surface area contributed by atoms with E-state index in [2.05, 4.69) is 5.32 Å². The molecule has 29 heavy (non-hydrogen) atoms. The van der Waals surface area contributed by atoms with Crippen molar-refractivity contribution in [3.63, 3.8) is 0 Å². The number of benzene rings is 2. The molecule has 2 aromatic rings. The van der Waals surface area contributed by atoms with Crippen molar-refractivity contribution in [2.24, 2.45) is 5.73 Å². The van der Waals surface area contributed by atoms with Crippen molar-refractivity contribution < 1.29 is 28.7 Å². The number of rotatable bonds is 9. The second-order valence-electron chi connectivity index (χ2n) is 6.21. The Morgan fingerprint density at radius 2 is 1.66 bits per heavy atom. The fourth-order valence-corrected chi connectivity index (χ4v) is 2.50. The van der Waals surface area contributed by atoms with Crippen molar-refractivity contribution in [2.75, 3.05) is 0 Å². The lowest BCUT2D eigenvalue weighted by Gasteiger charge is -2.18. The van der Waals surface area contributed by atoms with Gasteiger partial charge in [-0.05, 0) is 24.1 Å². The minimum Gasteiger partial charge on any atom is -0.459 e. The van der Waals surface area contributed by atoms with Crippen LogP contribution in [0.3, 0.4) is 0 Å². The van der Waals surface area contributed by atoms with Gasteiger partial charge in [0.15, 0.2) is 0 Å². The molecule has 3 N–H and O–H groups in total. The molecule has 0 spiro atoms. The van der Waals surface area contributed by atoms with Crippen molar-refractivity contribution in [3.05, 3.63) is 65.7 Å². The predicted molar refractivity (Wildman–Crippen MR) is 104 cm³/mol. The number of primary amides is 1. The molecular weight excluding hydrogens is 376 g/mol. The summed E-state index contributed by atoms with van der Waals surface area (Å²) in [6, 6.07) is 14.0. The number of amides is 2. The van der Waals surface area contributed by atoms with Crippen LogP contribution in [-0.2, 0) is 25.7 Å². The van der Waals surface area contributed by atoms with Crippen LogP contribution in [0.1, 0.15) is 35.7 Å². The van der Waals surface area contributed by atoms with Gasteiger partial charge in [0.1, 0.15) is 18.4 Å². The highest BCUT2D eigenvalue weighted by atomic mass is 16.5. The average Bonchev–Trinajstić information content (AvgIpc) is 2.69. The molecule has 0 heterocycles. The summed E-state index contributed by atoms with van der Waals surface area (Å²) < 4.78 is 10.3. The van der Waals surface area contributed by atoms with E-state index in [-0.39, 0.29) is 30.8 Å². The number of nitrogens with one attached hydrogen (secondary N) is 1. The molecule has 1 atom stereocenters. The Morgan fingerprint density at radius 1 is 1.00 bits per heavy atom. The Kier molecular flexibility index (Phi) is 7.90. The zero-order valence-electron chi connectivity index (χ0n) is 15.9. The maximum absolute atomic E-state index is 12.7. The molecule has 0 saturated heterocycles. The molecule has 0 fully saturated rings. The summed E-state index contributed by atoms with van der Waals surface area (Å²) >= 11 is 0. The first-order valence-corrected chi connectivity index (χ1v) is 8.94. The van der Waals surface area contributed by atoms with E-state index in [1.165, 1.54) is 19.1 Å². The van der Waals surface area contributed by atoms with Crippen LogP contribution in [0, 0.1) is 0 Å². The van der Waals surface area contributed by atoms with Gasteiger partial charge in [-0.1, -0.05) is 42.5 Å². The largest absolute Gasteiger partial charge is 0.459 e. The quantitative estimate of drug-likeness (QED) is 0.489. The Balaban J connectivity index is 2.11. The van der Waals surface area contributed by atoms with E-state index in [0.717, 1.165) is 5.56 Å². The molecule has 8 nitrogen and oxygen atoms in total.